The molecule has 2 aromatic rings. The Balaban J connectivity index is 2.01. The smallest absolute Gasteiger partial charge is 0.331 e. The number of H-pyrrole nitrogens is 1. The summed E-state index contributed by atoms with van der Waals surface area (Å²) in [4.78, 5) is 23.4. The van der Waals surface area contributed by atoms with Crippen LogP contribution in [0.2, 0.25) is 0 Å². The fourth-order valence-electron chi connectivity index (χ4n) is 1.48. The first-order valence-corrected chi connectivity index (χ1v) is 6.08. The molecule has 0 aliphatic carbocycles. The molecule has 18 heavy (non-hydrogen) atoms. The number of aromatic nitrogens is 2. The Morgan fingerprint density at radius 2 is 2.33 bits per heavy atom. The van der Waals surface area contributed by atoms with Crippen LogP contribution in [0.4, 0.5) is 0 Å². The summed E-state index contributed by atoms with van der Waals surface area (Å²) in [7, 11) is 0. The van der Waals surface area contributed by atoms with E-state index in [9.17, 15) is 9.59 Å². The second-order valence-electron chi connectivity index (χ2n) is 3.61. The Kier molecular flexibility index (Phi) is 3.73. The number of hydrogen-bond donors (Lipinski definition) is 3. The monoisotopic (exact) mass is 265 g/mol. The zero-order chi connectivity index (χ0) is 13.0. The van der Waals surface area contributed by atoms with Crippen LogP contribution in [0.3, 0.4) is 0 Å². The second kappa shape index (κ2) is 5.46. The minimum atomic E-state index is -1.07. The quantitative estimate of drug-likeness (QED) is 0.750. The van der Waals surface area contributed by atoms with E-state index in [2.05, 4.69) is 15.5 Å². The Labute approximate surface area is 107 Å². The lowest BCUT2D eigenvalue weighted by molar-refractivity contribution is -0.141. The summed E-state index contributed by atoms with van der Waals surface area (Å²) in [5, 5.41) is 19.7. The first kappa shape index (κ1) is 12.3. The van der Waals surface area contributed by atoms with Crippen LogP contribution in [-0.4, -0.2) is 27.2 Å². The maximum absolute atomic E-state index is 11.7. The molecule has 0 fully saturated rings. The van der Waals surface area contributed by atoms with Gasteiger partial charge < -0.3 is 10.4 Å². The number of amides is 1. The van der Waals surface area contributed by atoms with E-state index in [0.29, 0.717) is 10.6 Å². The SMILES string of the molecule is O=C(Cc1ccn[nH]1)NC(C(=O)O)c1cccs1. The van der Waals surface area contributed by atoms with Gasteiger partial charge in [0.2, 0.25) is 5.91 Å². The van der Waals surface area contributed by atoms with Crippen LogP contribution in [0.5, 0.6) is 0 Å². The molecule has 94 valence electrons. The lowest BCUT2D eigenvalue weighted by atomic mass is 10.2. The number of hydrogen-bond acceptors (Lipinski definition) is 4. The molecule has 2 rings (SSSR count). The highest BCUT2D eigenvalue weighted by Crippen LogP contribution is 2.19. The number of thiophene rings is 1. The van der Waals surface area contributed by atoms with Crippen molar-refractivity contribution in [1.29, 1.82) is 0 Å². The van der Waals surface area contributed by atoms with Crippen molar-refractivity contribution in [3.8, 4) is 0 Å². The molecule has 6 nitrogen and oxygen atoms in total. The van der Waals surface area contributed by atoms with Gasteiger partial charge in [-0.25, -0.2) is 4.79 Å². The van der Waals surface area contributed by atoms with E-state index in [0.717, 1.165) is 0 Å². The largest absolute Gasteiger partial charge is 0.479 e. The fourth-order valence-corrected chi connectivity index (χ4v) is 2.25. The number of nitrogens with one attached hydrogen (secondary N) is 2. The molecule has 1 amide bonds. The van der Waals surface area contributed by atoms with E-state index in [1.165, 1.54) is 17.5 Å². The third-order valence-corrected chi connectivity index (χ3v) is 3.23. The number of carbonyl (C=O) groups is 2. The van der Waals surface area contributed by atoms with Gasteiger partial charge in [0.05, 0.1) is 6.42 Å². The van der Waals surface area contributed by atoms with Gasteiger partial charge in [-0.3, -0.25) is 9.89 Å². The highest BCUT2D eigenvalue weighted by atomic mass is 32.1. The summed E-state index contributed by atoms with van der Waals surface area (Å²) in [6.45, 7) is 0. The Morgan fingerprint density at radius 1 is 1.50 bits per heavy atom. The number of carboxylic acid groups (broad SMARTS) is 1. The molecule has 3 N–H and O–H groups in total. The Morgan fingerprint density at radius 3 is 2.89 bits per heavy atom. The molecule has 0 radical (unpaired) electrons. The normalized spacial score (nSPS) is 12.0. The first-order chi connectivity index (χ1) is 8.66. The standard InChI is InChI=1S/C11H11N3O3S/c15-9(6-7-3-4-12-14-7)13-10(11(16)17)8-2-1-5-18-8/h1-5,10H,6H2,(H,12,14)(H,13,15)(H,16,17). The van der Waals surface area contributed by atoms with Crippen molar-refractivity contribution >= 4 is 23.2 Å². The lowest BCUT2D eigenvalue weighted by Crippen LogP contribution is -2.34. The summed E-state index contributed by atoms with van der Waals surface area (Å²) < 4.78 is 0. The Bertz CT molecular complexity index is 522. The number of aromatic amines is 1. The molecule has 0 aliphatic heterocycles. The maximum atomic E-state index is 11.7. The molecular weight excluding hydrogens is 254 g/mol. The topological polar surface area (TPSA) is 95.1 Å². The summed E-state index contributed by atoms with van der Waals surface area (Å²) in [5.74, 6) is -1.43. The minimum absolute atomic E-state index is 0.0785. The van der Waals surface area contributed by atoms with Crippen LogP contribution >= 0.6 is 11.3 Å². The number of nitrogens with zero attached hydrogens (tertiary/aromatic N) is 1. The average Bonchev–Trinajstić information content (AvgIpc) is 2.97. The third kappa shape index (κ3) is 2.95. The van der Waals surface area contributed by atoms with Crippen molar-refractivity contribution in [1.82, 2.24) is 15.5 Å². The van der Waals surface area contributed by atoms with Crippen LogP contribution in [0.1, 0.15) is 16.6 Å². The van der Waals surface area contributed by atoms with Crippen molar-refractivity contribution in [3.63, 3.8) is 0 Å². The van der Waals surface area contributed by atoms with Crippen molar-refractivity contribution in [2.45, 2.75) is 12.5 Å². The molecule has 0 aromatic carbocycles. The van der Waals surface area contributed by atoms with Gasteiger partial charge in [-0.2, -0.15) is 5.10 Å². The predicted octanol–water partition coefficient (Wildman–Crippen LogP) is 0.956. The maximum Gasteiger partial charge on any atom is 0.331 e. The lowest BCUT2D eigenvalue weighted by Gasteiger charge is -2.12. The van der Waals surface area contributed by atoms with Gasteiger partial charge in [0.25, 0.3) is 0 Å². The van der Waals surface area contributed by atoms with E-state index in [1.54, 1.807) is 23.6 Å². The molecule has 2 heterocycles. The van der Waals surface area contributed by atoms with Gasteiger partial charge in [-0.1, -0.05) is 6.07 Å². The van der Waals surface area contributed by atoms with E-state index < -0.39 is 12.0 Å². The molecule has 0 aliphatic rings. The summed E-state index contributed by atoms with van der Waals surface area (Å²) in [6.07, 6.45) is 1.62. The van der Waals surface area contributed by atoms with Crippen LogP contribution in [0.15, 0.2) is 29.8 Å². The predicted molar refractivity (Wildman–Crippen MR) is 65.1 cm³/mol. The minimum Gasteiger partial charge on any atom is -0.479 e. The van der Waals surface area contributed by atoms with E-state index >= 15 is 0 Å². The molecular formula is C11H11N3O3S. The number of aliphatic carboxylic acids is 1. The molecule has 0 spiro atoms. The van der Waals surface area contributed by atoms with Gasteiger partial charge in [-0.15, -0.1) is 11.3 Å². The van der Waals surface area contributed by atoms with E-state index in [-0.39, 0.29) is 12.3 Å². The van der Waals surface area contributed by atoms with Crippen LogP contribution in [0, 0.1) is 0 Å². The second-order valence-corrected chi connectivity index (χ2v) is 4.59. The van der Waals surface area contributed by atoms with Crippen molar-refractivity contribution in [2.24, 2.45) is 0 Å². The molecule has 1 unspecified atom stereocenters. The van der Waals surface area contributed by atoms with Crippen LogP contribution in [-0.2, 0) is 16.0 Å². The highest BCUT2D eigenvalue weighted by molar-refractivity contribution is 7.10. The number of carboxylic acids is 1. The van der Waals surface area contributed by atoms with Gasteiger partial charge in [0.15, 0.2) is 6.04 Å². The van der Waals surface area contributed by atoms with E-state index in [4.69, 9.17) is 5.11 Å². The van der Waals surface area contributed by atoms with Crippen molar-refractivity contribution in [2.75, 3.05) is 0 Å². The number of carbonyl (C=O) groups excluding carboxylic acids is 1. The molecule has 7 heteroatoms. The summed E-state index contributed by atoms with van der Waals surface area (Å²) in [5.41, 5.74) is 0.641. The molecule has 1 atom stereocenters. The third-order valence-electron chi connectivity index (χ3n) is 2.29. The first-order valence-electron chi connectivity index (χ1n) is 5.20. The zero-order valence-corrected chi connectivity index (χ0v) is 10.1. The summed E-state index contributed by atoms with van der Waals surface area (Å²) in [6, 6.07) is 4.10. The zero-order valence-electron chi connectivity index (χ0n) is 9.29. The fraction of sp³-hybridized carbons (Fsp3) is 0.182. The molecule has 2 aromatic heterocycles. The van der Waals surface area contributed by atoms with Crippen molar-refractivity contribution in [3.05, 3.63) is 40.3 Å². The molecule has 0 saturated heterocycles. The Hall–Kier alpha value is -2.15. The van der Waals surface area contributed by atoms with Gasteiger partial charge >= 0.3 is 5.97 Å². The van der Waals surface area contributed by atoms with Crippen LogP contribution < -0.4 is 5.32 Å². The van der Waals surface area contributed by atoms with Gasteiger partial charge in [-0.05, 0) is 17.5 Å². The highest BCUT2D eigenvalue weighted by Gasteiger charge is 2.22. The molecule has 0 saturated carbocycles. The number of rotatable bonds is 5. The van der Waals surface area contributed by atoms with E-state index in [1.807, 2.05) is 0 Å². The van der Waals surface area contributed by atoms with Crippen molar-refractivity contribution < 1.29 is 14.7 Å². The summed E-state index contributed by atoms with van der Waals surface area (Å²) >= 11 is 1.29. The van der Waals surface area contributed by atoms with Gasteiger partial charge in [0, 0.05) is 16.8 Å². The van der Waals surface area contributed by atoms with Gasteiger partial charge in [0.1, 0.15) is 0 Å². The average molecular weight is 265 g/mol. The van der Waals surface area contributed by atoms with Crippen LogP contribution in [0.25, 0.3) is 0 Å². The molecule has 0 bridgehead atoms.